The maximum absolute atomic E-state index is 11.6. The van der Waals surface area contributed by atoms with Gasteiger partial charge < -0.3 is 10.1 Å². The molecule has 17 heavy (non-hydrogen) atoms. The van der Waals surface area contributed by atoms with Crippen LogP contribution < -0.4 is 5.32 Å². The predicted molar refractivity (Wildman–Crippen MR) is 80.7 cm³/mol. The maximum atomic E-state index is 11.6. The monoisotopic (exact) mass is 355 g/mol. The number of hydrogen-bond donors (Lipinski definition) is 1. The first-order valence-corrected chi connectivity index (χ1v) is 7.86. The van der Waals surface area contributed by atoms with E-state index in [1.165, 1.54) is 6.42 Å². The molecule has 1 amide bonds. The van der Waals surface area contributed by atoms with E-state index < -0.39 is 5.60 Å². The smallest absolute Gasteiger partial charge is 0.407 e. The largest absolute Gasteiger partial charge is 0.444 e. The van der Waals surface area contributed by atoms with E-state index in [0.29, 0.717) is 0 Å². The molecule has 1 N–H and O–H groups in total. The van der Waals surface area contributed by atoms with Gasteiger partial charge in [0.25, 0.3) is 0 Å². The fourth-order valence-corrected chi connectivity index (χ4v) is 2.01. The minimum Gasteiger partial charge on any atom is -0.444 e. The number of halogens is 1. The second-order valence-electron chi connectivity index (χ2n) is 5.59. The van der Waals surface area contributed by atoms with Gasteiger partial charge in [0.1, 0.15) is 5.60 Å². The van der Waals surface area contributed by atoms with Crippen molar-refractivity contribution in [2.45, 2.75) is 65.5 Å². The molecule has 0 aliphatic heterocycles. The maximum Gasteiger partial charge on any atom is 0.407 e. The first-order chi connectivity index (χ1) is 7.78. The van der Waals surface area contributed by atoms with Gasteiger partial charge in [-0.3, -0.25) is 0 Å². The van der Waals surface area contributed by atoms with Gasteiger partial charge in [0.15, 0.2) is 0 Å². The van der Waals surface area contributed by atoms with Crippen molar-refractivity contribution in [3.63, 3.8) is 0 Å². The lowest BCUT2D eigenvalue weighted by molar-refractivity contribution is 0.0506. The summed E-state index contributed by atoms with van der Waals surface area (Å²) in [4.78, 5) is 11.6. The van der Waals surface area contributed by atoms with E-state index in [0.717, 1.165) is 23.2 Å². The summed E-state index contributed by atoms with van der Waals surface area (Å²) in [5.74, 6) is 0.723. The van der Waals surface area contributed by atoms with Gasteiger partial charge >= 0.3 is 6.09 Å². The first-order valence-electron chi connectivity index (χ1n) is 6.34. The molecule has 0 aliphatic rings. The summed E-state index contributed by atoms with van der Waals surface area (Å²) in [5, 5.41) is 2.93. The molecule has 3 nitrogen and oxygen atoms in total. The second kappa shape index (κ2) is 8.16. The number of alkyl carbamates (subject to hydrolysis) is 1. The summed E-state index contributed by atoms with van der Waals surface area (Å²) in [6.45, 7) is 10.1. The van der Waals surface area contributed by atoms with Crippen LogP contribution in [0, 0.1) is 5.92 Å². The van der Waals surface area contributed by atoms with E-state index in [9.17, 15) is 4.79 Å². The van der Waals surface area contributed by atoms with E-state index in [-0.39, 0.29) is 12.1 Å². The quantitative estimate of drug-likeness (QED) is 0.574. The Kier molecular flexibility index (Phi) is 8.16. The SMILES string of the molecule is CC[C@H](C)CC[C@@H](CI)NC(=O)OC(C)(C)C. The summed E-state index contributed by atoms with van der Waals surface area (Å²) < 4.78 is 6.17. The van der Waals surface area contributed by atoms with E-state index in [1.54, 1.807) is 0 Å². The van der Waals surface area contributed by atoms with Crippen molar-refractivity contribution in [2.24, 2.45) is 5.92 Å². The second-order valence-corrected chi connectivity index (χ2v) is 6.47. The average molecular weight is 355 g/mol. The average Bonchev–Trinajstić information content (AvgIpc) is 2.20. The van der Waals surface area contributed by atoms with Crippen LogP contribution in [0.5, 0.6) is 0 Å². The van der Waals surface area contributed by atoms with E-state index in [1.807, 2.05) is 20.8 Å². The van der Waals surface area contributed by atoms with Crippen LogP contribution in [0.15, 0.2) is 0 Å². The molecule has 0 aromatic rings. The molecular weight excluding hydrogens is 329 g/mol. The molecule has 0 aliphatic carbocycles. The van der Waals surface area contributed by atoms with Crippen molar-refractivity contribution in [3.05, 3.63) is 0 Å². The Hall–Kier alpha value is 0. The highest BCUT2D eigenvalue weighted by atomic mass is 127. The highest BCUT2D eigenvalue weighted by Crippen LogP contribution is 2.13. The summed E-state index contributed by atoms with van der Waals surface area (Å²) in [5.41, 5.74) is -0.420. The van der Waals surface area contributed by atoms with Crippen molar-refractivity contribution in [1.82, 2.24) is 5.32 Å². The Morgan fingerprint density at radius 1 is 1.35 bits per heavy atom. The Morgan fingerprint density at radius 3 is 2.35 bits per heavy atom. The van der Waals surface area contributed by atoms with E-state index >= 15 is 0 Å². The number of carbonyl (C=O) groups is 1. The Morgan fingerprint density at radius 2 is 1.94 bits per heavy atom. The van der Waals surface area contributed by atoms with Crippen LogP contribution in [0.4, 0.5) is 4.79 Å². The minimum atomic E-state index is -0.420. The molecule has 0 heterocycles. The van der Waals surface area contributed by atoms with Crippen molar-refractivity contribution >= 4 is 28.7 Å². The molecule has 0 spiro atoms. The minimum absolute atomic E-state index is 0.222. The van der Waals surface area contributed by atoms with Crippen molar-refractivity contribution in [3.8, 4) is 0 Å². The number of carbonyl (C=O) groups excluding carboxylic acids is 1. The zero-order valence-electron chi connectivity index (χ0n) is 11.7. The fourth-order valence-electron chi connectivity index (χ4n) is 1.35. The molecule has 0 fully saturated rings. The molecule has 0 unspecified atom stereocenters. The van der Waals surface area contributed by atoms with Crippen LogP contribution in [-0.4, -0.2) is 22.2 Å². The van der Waals surface area contributed by atoms with Gasteiger partial charge in [-0.25, -0.2) is 4.79 Å². The molecule has 0 saturated carbocycles. The Bertz CT molecular complexity index is 226. The van der Waals surface area contributed by atoms with Gasteiger partial charge in [0.2, 0.25) is 0 Å². The summed E-state index contributed by atoms with van der Waals surface area (Å²) in [6, 6.07) is 0.222. The van der Waals surface area contributed by atoms with Gasteiger partial charge in [0, 0.05) is 10.5 Å². The van der Waals surface area contributed by atoms with Crippen LogP contribution in [-0.2, 0) is 4.74 Å². The standard InChI is InChI=1S/C13H26INO2/c1-6-10(2)7-8-11(9-14)15-12(16)17-13(3,4)5/h10-11H,6-9H2,1-5H3,(H,15,16)/t10-,11-/m0/s1. The third kappa shape index (κ3) is 9.68. The number of alkyl halides is 1. The summed E-state index contributed by atoms with van der Waals surface area (Å²) in [7, 11) is 0. The molecule has 4 heteroatoms. The number of hydrogen-bond acceptors (Lipinski definition) is 2. The Labute approximate surface area is 119 Å². The Balaban J connectivity index is 4.00. The molecule has 0 rings (SSSR count). The molecule has 0 saturated heterocycles. The lowest BCUT2D eigenvalue weighted by Crippen LogP contribution is -2.40. The summed E-state index contributed by atoms with van der Waals surface area (Å²) >= 11 is 2.31. The molecule has 0 aromatic heterocycles. The lowest BCUT2D eigenvalue weighted by atomic mass is 10.0. The first kappa shape index (κ1) is 17.0. The molecule has 0 aromatic carbocycles. The van der Waals surface area contributed by atoms with Crippen molar-refractivity contribution in [1.29, 1.82) is 0 Å². The lowest BCUT2D eigenvalue weighted by Gasteiger charge is -2.23. The third-order valence-electron chi connectivity index (χ3n) is 2.61. The highest BCUT2D eigenvalue weighted by molar-refractivity contribution is 14.1. The van der Waals surface area contributed by atoms with Gasteiger partial charge in [-0.1, -0.05) is 42.9 Å². The zero-order valence-corrected chi connectivity index (χ0v) is 13.8. The highest BCUT2D eigenvalue weighted by Gasteiger charge is 2.19. The van der Waals surface area contributed by atoms with Crippen molar-refractivity contribution in [2.75, 3.05) is 4.43 Å². The fraction of sp³-hybridized carbons (Fsp3) is 0.923. The molecule has 102 valence electrons. The zero-order chi connectivity index (χ0) is 13.5. The number of amides is 1. The predicted octanol–water partition coefficient (Wildman–Crippen LogP) is 4.14. The molecule has 2 atom stereocenters. The van der Waals surface area contributed by atoms with Gasteiger partial charge in [-0.15, -0.1) is 0 Å². The van der Waals surface area contributed by atoms with Gasteiger partial charge in [-0.2, -0.15) is 0 Å². The number of nitrogens with one attached hydrogen (secondary N) is 1. The van der Waals surface area contributed by atoms with Crippen LogP contribution in [0.25, 0.3) is 0 Å². The molecule has 0 radical (unpaired) electrons. The number of rotatable bonds is 6. The van der Waals surface area contributed by atoms with Gasteiger partial charge in [-0.05, 0) is 39.5 Å². The van der Waals surface area contributed by atoms with E-state index in [4.69, 9.17) is 4.74 Å². The van der Waals surface area contributed by atoms with Gasteiger partial charge in [0.05, 0.1) is 0 Å². The third-order valence-corrected chi connectivity index (χ3v) is 3.68. The molecular formula is C13H26INO2. The van der Waals surface area contributed by atoms with Crippen LogP contribution in [0.2, 0.25) is 0 Å². The molecule has 0 bridgehead atoms. The summed E-state index contributed by atoms with van der Waals surface area (Å²) in [6.07, 6.45) is 3.07. The van der Waals surface area contributed by atoms with E-state index in [2.05, 4.69) is 41.8 Å². The van der Waals surface area contributed by atoms with Crippen LogP contribution >= 0.6 is 22.6 Å². The number of ether oxygens (including phenoxy) is 1. The normalized spacial score (nSPS) is 15.2. The topological polar surface area (TPSA) is 38.3 Å². The van der Waals surface area contributed by atoms with Crippen LogP contribution in [0.1, 0.15) is 53.9 Å². The van der Waals surface area contributed by atoms with Crippen molar-refractivity contribution < 1.29 is 9.53 Å². The van der Waals surface area contributed by atoms with Crippen LogP contribution in [0.3, 0.4) is 0 Å².